The number of hydrogen-bond donors (Lipinski definition) is 0. The zero-order valence-corrected chi connectivity index (χ0v) is 9.97. The molecule has 0 saturated heterocycles. The van der Waals surface area contributed by atoms with E-state index < -0.39 is 0 Å². The van der Waals surface area contributed by atoms with E-state index in [1.165, 1.54) is 0 Å². The molecule has 15 heavy (non-hydrogen) atoms. The van der Waals surface area contributed by atoms with Crippen LogP contribution in [-0.2, 0) is 5.41 Å². The monoisotopic (exact) mass is 219 g/mol. The van der Waals surface area contributed by atoms with Crippen LogP contribution in [-0.4, -0.2) is 4.98 Å². The van der Waals surface area contributed by atoms with E-state index in [-0.39, 0.29) is 5.41 Å². The highest BCUT2D eigenvalue weighted by atomic mass is 35.5. The third-order valence-corrected chi connectivity index (χ3v) is 2.83. The highest BCUT2D eigenvalue weighted by molar-refractivity contribution is 6.36. The van der Waals surface area contributed by atoms with E-state index in [2.05, 4.69) is 25.8 Å². The summed E-state index contributed by atoms with van der Waals surface area (Å²) in [6, 6.07) is 8.06. The molecule has 0 N–H and O–H groups in total. The Balaban J connectivity index is 2.76. The first-order valence-corrected chi connectivity index (χ1v) is 5.41. The highest BCUT2D eigenvalue weighted by Gasteiger charge is 2.20. The SMILES string of the molecule is CC(C)(C)c1ncc2ccccc2c1Cl. The number of aromatic nitrogens is 1. The van der Waals surface area contributed by atoms with Gasteiger partial charge in [-0.3, -0.25) is 4.98 Å². The molecular weight excluding hydrogens is 206 g/mol. The van der Waals surface area contributed by atoms with Crippen molar-refractivity contribution < 1.29 is 0 Å². The lowest BCUT2D eigenvalue weighted by Crippen LogP contribution is -2.14. The molecule has 2 rings (SSSR count). The van der Waals surface area contributed by atoms with Crippen LogP contribution in [0.4, 0.5) is 0 Å². The number of hydrogen-bond acceptors (Lipinski definition) is 1. The third-order valence-electron chi connectivity index (χ3n) is 2.45. The van der Waals surface area contributed by atoms with Gasteiger partial charge in [0.05, 0.1) is 10.7 Å². The van der Waals surface area contributed by atoms with E-state index in [4.69, 9.17) is 11.6 Å². The summed E-state index contributed by atoms with van der Waals surface area (Å²) in [4.78, 5) is 4.45. The number of nitrogens with zero attached hydrogens (tertiary/aromatic N) is 1. The first-order valence-electron chi connectivity index (χ1n) is 5.04. The van der Waals surface area contributed by atoms with E-state index in [1.54, 1.807) is 0 Å². The zero-order valence-electron chi connectivity index (χ0n) is 9.21. The number of pyridine rings is 1. The van der Waals surface area contributed by atoms with Crippen LogP contribution in [0.3, 0.4) is 0 Å². The van der Waals surface area contributed by atoms with Gasteiger partial charge in [0, 0.05) is 22.4 Å². The largest absolute Gasteiger partial charge is 0.259 e. The van der Waals surface area contributed by atoms with Crippen molar-refractivity contribution >= 4 is 22.4 Å². The molecule has 78 valence electrons. The van der Waals surface area contributed by atoms with Crippen molar-refractivity contribution in [3.05, 3.63) is 41.2 Å². The van der Waals surface area contributed by atoms with Crippen LogP contribution in [0.15, 0.2) is 30.5 Å². The highest BCUT2D eigenvalue weighted by Crippen LogP contribution is 2.32. The molecule has 2 aromatic rings. The molecule has 0 spiro atoms. The van der Waals surface area contributed by atoms with Crippen LogP contribution >= 0.6 is 11.6 Å². The minimum absolute atomic E-state index is 0.0128. The lowest BCUT2D eigenvalue weighted by molar-refractivity contribution is 0.570. The molecule has 0 unspecified atom stereocenters. The Morgan fingerprint density at radius 2 is 1.80 bits per heavy atom. The third kappa shape index (κ3) is 1.84. The Morgan fingerprint density at radius 3 is 2.47 bits per heavy atom. The molecule has 1 aromatic carbocycles. The van der Waals surface area contributed by atoms with Gasteiger partial charge in [-0.2, -0.15) is 0 Å². The maximum absolute atomic E-state index is 6.36. The minimum atomic E-state index is -0.0128. The summed E-state index contributed by atoms with van der Waals surface area (Å²) in [5.74, 6) is 0. The fourth-order valence-electron chi connectivity index (χ4n) is 1.65. The van der Waals surface area contributed by atoms with Crippen LogP contribution in [0.1, 0.15) is 26.5 Å². The first-order chi connectivity index (χ1) is 7.00. The van der Waals surface area contributed by atoms with Crippen LogP contribution < -0.4 is 0 Å². The van der Waals surface area contributed by atoms with E-state index in [0.717, 1.165) is 21.5 Å². The second kappa shape index (κ2) is 3.49. The molecule has 0 radical (unpaired) electrons. The Morgan fingerprint density at radius 1 is 1.13 bits per heavy atom. The average Bonchev–Trinajstić information content (AvgIpc) is 2.16. The van der Waals surface area contributed by atoms with Gasteiger partial charge < -0.3 is 0 Å². The smallest absolute Gasteiger partial charge is 0.0705 e. The van der Waals surface area contributed by atoms with Gasteiger partial charge in [0.2, 0.25) is 0 Å². The van der Waals surface area contributed by atoms with Crippen LogP contribution in [0.2, 0.25) is 5.02 Å². The van der Waals surface area contributed by atoms with Gasteiger partial charge >= 0.3 is 0 Å². The Kier molecular flexibility index (Phi) is 2.43. The summed E-state index contributed by atoms with van der Waals surface area (Å²) < 4.78 is 0. The molecule has 0 aliphatic rings. The van der Waals surface area contributed by atoms with Crippen LogP contribution in [0, 0.1) is 0 Å². The maximum atomic E-state index is 6.36. The maximum Gasteiger partial charge on any atom is 0.0705 e. The molecule has 0 aliphatic heterocycles. The van der Waals surface area contributed by atoms with Gasteiger partial charge in [-0.25, -0.2) is 0 Å². The molecule has 0 saturated carbocycles. The number of fused-ring (bicyclic) bond motifs is 1. The van der Waals surface area contributed by atoms with Gasteiger partial charge in [-0.1, -0.05) is 56.6 Å². The molecule has 0 atom stereocenters. The van der Waals surface area contributed by atoms with Crippen molar-refractivity contribution in [3.63, 3.8) is 0 Å². The quantitative estimate of drug-likeness (QED) is 0.648. The van der Waals surface area contributed by atoms with Gasteiger partial charge in [-0.05, 0) is 0 Å². The van der Waals surface area contributed by atoms with Gasteiger partial charge in [-0.15, -0.1) is 0 Å². The predicted molar refractivity (Wildman–Crippen MR) is 65.5 cm³/mol. The summed E-state index contributed by atoms with van der Waals surface area (Å²) in [6.07, 6.45) is 1.89. The average molecular weight is 220 g/mol. The van der Waals surface area contributed by atoms with Crippen molar-refractivity contribution in [1.29, 1.82) is 0 Å². The molecule has 0 fully saturated rings. The normalized spacial score (nSPS) is 12.0. The lowest BCUT2D eigenvalue weighted by atomic mass is 9.90. The summed E-state index contributed by atoms with van der Waals surface area (Å²) in [5, 5.41) is 2.95. The van der Waals surface area contributed by atoms with E-state index >= 15 is 0 Å². The number of halogens is 1. The summed E-state index contributed by atoms with van der Waals surface area (Å²) >= 11 is 6.36. The Bertz CT molecular complexity index is 497. The topological polar surface area (TPSA) is 12.9 Å². The van der Waals surface area contributed by atoms with Crippen molar-refractivity contribution in [2.45, 2.75) is 26.2 Å². The van der Waals surface area contributed by atoms with E-state index in [1.807, 2.05) is 30.5 Å². The summed E-state index contributed by atoms with van der Waals surface area (Å²) in [7, 11) is 0. The Hall–Kier alpha value is -1.08. The van der Waals surface area contributed by atoms with Crippen LogP contribution in [0.25, 0.3) is 10.8 Å². The molecule has 2 heteroatoms. The van der Waals surface area contributed by atoms with Crippen molar-refractivity contribution in [2.75, 3.05) is 0 Å². The molecular formula is C13H14ClN. The van der Waals surface area contributed by atoms with Crippen LogP contribution in [0.5, 0.6) is 0 Å². The second-order valence-corrected chi connectivity index (χ2v) is 5.14. The molecule has 1 nitrogen and oxygen atoms in total. The van der Waals surface area contributed by atoms with Gasteiger partial charge in [0.1, 0.15) is 0 Å². The molecule has 0 amide bonds. The fraction of sp³-hybridized carbons (Fsp3) is 0.308. The minimum Gasteiger partial charge on any atom is -0.259 e. The summed E-state index contributed by atoms with van der Waals surface area (Å²) in [6.45, 7) is 6.36. The second-order valence-electron chi connectivity index (χ2n) is 4.76. The standard InChI is InChI=1S/C13H14ClN/c1-13(2,3)12-11(14)10-7-5-4-6-9(10)8-15-12/h4-8H,1-3H3. The van der Waals surface area contributed by atoms with Crippen molar-refractivity contribution in [1.82, 2.24) is 4.98 Å². The van der Waals surface area contributed by atoms with Gasteiger partial charge in [0.25, 0.3) is 0 Å². The Labute approximate surface area is 95.1 Å². The zero-order chi connectivity index (χ0) is 11.1. The number of benzene rings is 1. The summed E-state index contributed by atoms with van der Waals surface area (Å²) in [5.41, 5.74) is 0.948. The van der Waals surface area contributed by atoms with E-state index in [0.29, 0.717) is 0 Å². The fourth-order valence-corrected chi connectivity index (χ4v) is 2.16. The predicted octanol–water partition coefficient (Wildman–Crippen LogP) is 4.19. The van der Waals surface area contributed by atoms with Crippen molar-refractivity contribution in [2.24, 2.45) is 0 Å². The van der Waals surface area contributed by atoms with Crippen molar-refractivity contribution in [3.8, 4) is 0 Å². The molecule has 1 aromatic heterocycles. The molecule has 0 bridgehead atoms. The lowest BCUT2D eigenvalue weighted by Gasteiger charge is -2.19. The first kappa shape index (κ1) is 10.4. The number of rotatable bonds is 0. The van der Waals surface area contributed by atoms with E-state index in [9.17, 15) is 0 Å². The van der Waals surface area contributed by atoms with Gasteiger partial charge in [0.15, 0.2) is 0 Å². The molecule has 0 aliphatic carbocycles. The molecule has 1 heterocycles.